The zero-order chi connectivity index (χ0) is 10.7. The van der Waals surface area contributed by atoms with Crippen LogP contribution >= 0.6 is 0 Å². The first kappa shape index (κ1) is 10.5. The Labute approximate surface area is 91.6 Å². The fourth-order valence-corrected chi connectivity index (χ4v) is 2.10. The molecule has 0 aromatic heterocycles. The van der Waals surface area contributed by atoms with E-state index in [1.807, 2.05) is 6.07 Å². The lowest BCUT2D eigenvalue weighted by Gasteiger charge is -2.20. The van der Waals surface area contributed by atoms with Gasteiger partial charge in [0.15, 0.2) is 0 Å². The molecule has 0 saturated carbocycles. The Bertz CT molecular complexity index is 322. The average Bonchev–Trinajstić information content (AvgIpc) is 2.41. The molecule has 0 spiro atoms. The van der Waals surface area contributed by atoms with Crippen molar-refractivity contribution in [3.8, 4) is 5.75 Å². The van der Waals surface area contributed by atoms with E-state index >= 15 is 0 Å². The van der Waals surface area contributed by atoms with Crippen molar-refractivity contribution in [2.75, 3.05) is 6.61 Å². The highest BCUT2D eigenvalue weighted by molar-refractivity contribution is 5.36. The van der Waals surface area contributed by atoms with E-state index in [9.17, 15) is 0 Å². The Kier molecular flexibility index (Phi) is 3.27. The molecular weight excluding hydrogens is 186 g/mol. The zero-order valence-corrected chi connectivity index (χ0v) is 9.49. The largest absolute Gasteiger partial charge is 0.493 e. The Hall–Kier alpha value is -1.02. The van der Waals surface area contributed by atoms with Crippen molar-refractivity contribution in [2.45, 2.75) is 38.8 Å². The number of fused-ring (bicyclic) bond motifs is 1. The Balaban J connectivity index is 2.24. The highest BCUT2D eigenvalue weighted by Gasteiger charge is 2.19. The van der Waals surface area contributed by atoms with Crippen LogP contribution in [0, 0.1) is 0 Å². The molecule has 1 aliphatic rings. The van der Waals surface area contributed by atoms with Crippen LogP contribution in [-0.4, -0.2) is 12.6 Å². The lowest BCUT2D eigenvalue weighted by Crippen LogP contribution is -2.27. The lowest BCUT2D eigenvalue weighted by atomic mass is 10.0. The third kappa shape index (κ3) is 2.51. The maximum atomic E-state index is 5.72. The minimum Gasteiger partial charge on any atom is -0.493 e. The summed E-state index contributed by atoms with van der Waals surface area (Å²) in [5.74, 6) is 1.05. The third-order valence-electron chi connectivity index (χ3n) is 2.72. The molecule has 1 heterocycles. The second-order valence-electron chi connectivity index (χ2n) is 4.40. The summed E-state index contributed by atoms with van der Waals surface area (Å²) in [4.78, 5) is 0. The molecule has 1 aromatic rings. The van der Waals surface area contributed by atoms with E-state index in [1.165, 1.54) is 5.56 Å². The number of nitrogens with one attached hydrogen (secondary N) is 1. The number of benzene rings is 1. The van der Waals surface area contributed by atoms with Gasteiger partial charge in [0.25, 0.3) is 0 Å². The van der Waals surface area contributed by atoms with E-state index in [-0.39, 0.29) is 0 Å². The molecule has 82 valence electrons. The SMILES string of the molecule is CC(C)NC1CCCOc2ccccc21. The van der Waals surface area contributed by atoms with Gasteiger partial charge in [0.1, 0.15) is 5.75 Å². The monoisotopic (exact) mass is 205 g/mol. The van der Waals surface area contributed by atoms with E-state index in [0.717, 1.165) is 25.2 Å². The van der Waals surface area contributed by atoms with Crippen LogP contribution in [0.2, 0.25) is 0 Å². The molecule has 2 rings (SSSR count). The number of hydrogen-bond donors (Lipinski definition) is 1. The van der Waals surface area contributed by atoms with Gasteiger partial charge in [-0.1, -0.05) is 32.0 Å². The molecular formula is C13H19NO. The van der Waals surface area contributed by atoms with E-state index in [2.05, 4.69) is 37.4 Å². The van der Waals surface area contributed by atoms with Gasteiger partial charge in [-0.15, -0.1) is 0 Å². The van der Waals surface area contributed by atoms with Crippen molar-refractivity contribution < 1.29 is 4.74 Å². The summed E-state index contributed by atoms with van der Waals surface area (Å²) in [6, 6.07) is 9.32. The van der Waals surface area contributed by atoms with Gasteiger partial charge >= 0.3 is 0 Å². The van der Waals surface area contributed by atoms with Gasteiger partial charge < -0.3 is 10.1 Å². The van der Waals surface area contributed by atoms with E-state index < -0.39 is 0 Å². The lowest BCUT2D eigenvalue weighted by molar-refractivity contribution is 0.314. The Morgan fingerprint density at radius 3 is 2.93 bits per heavy atom. The van der Waals surface area contributed by atoms with Gasteiger partial charge in [-0.2, -0.15) is 0 Å². The molecule has 2 heteroatoms. The van der Waals surface area contributed by atoms with E-state index in [0.29, 0.717) is 12.1 Å². The molecule has 1 aliphatic heterocycles. The van der Waals surface area contributed by atoms with Gasteiger partial charge in [-0.05, 0) is 18.9 Å². The van der Waals surface area contributed by atoms with Crippen LogP contribution in [0.25, 0.3) is 0 Å². The van der Waals surface area contributed by atoms with Crippen molar-refractivity contribution in [1.29, 1.82) is 0 Å². The highest BCUT2D eigenvalue weighted by Crippen LogP contribution is 2.31. The van der Waals surface area contributed by atoms with Crippen LogP contribution < -0.4 is 10.1 Å². The van der Waals surface area contributed by atoms with Gasteiger partial charge in [0.2, 0.25) is 0 Å². The van der Waals surface area contributed by atoms with Crippen LogP contribution in [0.5, 0.6) is 5.75 Å². The number of rotatable bonds is 2. The highest BCUT2D eigenvalue weighted by atomic mass is 16.5. The standard InChI is InChI=1S/C13H19NO/c1-10(2)14-12-7-5-9-15-13-8-4-3-6-11(12)13/h3-4,6,8,10,12,14H,5,7,9H2,1-2H3. The minimum atomic E-state index is 0.448. The smallest absolute Gasteiger partial charge is 0.124 e. The van der Waals surface area contributed by atoms with Crippen LogP contribution in [0.3, 0.4) is 0 Å². The molecule has 2 nitrogen and oxygen atoms in total. The predicted octanol–water partition coefficient (Wildman–Crippen LogP) is 2.90. The maximum absolute atomic E-state index is 5.72. The van der Waals surface area contributed by atoms with Crippen LogP contribution in [0.15, 0.2) is 24.3 Å². The fourth-order valence-electron chi connectivity index (χ4n) is 2.10. The summed E-state index contributed by atoms with van der Waals surface area (Å²) >= 11 is 0. The molecule has 1 unspecified atom stereocenters. The van der Waals surface area contributed by atoms with Gasteiger partial charge in [-0.25, -0.2) is 0 Å². The van der Waals surface area contributed by atoms with Crippen LogP contribution in [-0.2, 0) is 0 Å². The molecule has 0 amide bonds. The first-order valence-electron chi connectivity index (χ1n) is 5.75. The third-order valence-corrected chi connectivity index (χ3v) is 2.72. The molecule has 0 radical (unpaired) electrons. The predicted molar refractivity (Wildman–Crippen MR) is 62.2 cm³/mol. The maximum Gasteiger partial charge on any atom is 0.124 e. The molecule has 0 saturated heterocycles. The molecule has 1 atom stereocenters. The van der Waals surface area contributed by atoms with E-state index in [4.69, 9.17) is 4.74 Å². The van der Waals surface area contributed by atoms with Crippen molar-refractivity contribution in [3.05, 3.63) is 29.8 Å². The quantitative estimate of drug-likeness (QED) is 0.801. The molecule has 1 N–H and O–H groups in total. The first-order chi connectivity index (χ1) is 7.27. The minimum absolute atomic E-state index is 0.448. The van der Waals surface area contributed by atoms with Gasteiger partial charge in [0.05, 0.1) is 6.61 Å². The normalized spacial score (nSPS) is 20.6. The second kappa shape index (κ2) is 4.67. The molecule has 1 aromatic carbocycles. The van der Waals surface area contributed by atoms with E-state index in [1.54, 1.807) is 0 Å². The zero-order valence-electron chi connectivity index (χ0n) is 9.49. The van der Waals surface area contributed by atoms with Crippen LogP contribution in [0.1, 0.15) is 38.3 Å². The summed E-state index contributed by atoms with van der Waals surface area (Å²) in [5, 5.41) is 3.60. The Morgan fingerprint density at radius 2 is 2.13 bits per heavy atom. The van der Waals surface area contributed by atoms with Crippen molar-refractivity contribution >= 4 is 0 Å². The van der Waals surface area contributed by atoms with Crippen molar-refractivity contribution in [2.24, 2.45) is 0 Å². The second-order valence-corrected chi connectivity index (χ2v) is 4.40. The molecule has 0 aliphatic carbocycles. The molecule has 0 bridgehead atoms. The van der Waals surface area contributed by atoms with Gasteiger partial charge in [0, 0.05) is 17.6 Å². The summed E-state index contributed by atoms with van der Waals surface area (Å²) in [6.45, 7) is 5.22. The van der Waals surface area contributed by atoms with Gasteiger partial charge in [-0.3, -0.25) is 0 Å². The summed E-state index contributed by atoms with van der Waals surface area (Å²) < 4.78 is 5.72. The summed E-state index contributed by atoms with van der Waals surface area (Å²) in [5.41, 5.74) is 1.31. The number of ether oxygens (including phenoxy) is 1. The van der Waals surface area contributed by atoms with Crippen molar-refractivity contribution in [1.82, 2.24) is 5.32 Å². The fraction of sp³-hybridized carbons (Fsp3) is 0.538. The molecule has 15 heavy (non-hydrogen) atoms. The first-order valence-corrected chi connectivity index (χ1v) is 5.75. The number of para-hydroxylation sites is 1. The average molecular weight is 205 g/mol. The van der Waals surface area contributed by atoms with Crippen LogP contribution in [0.4, 0.5) is 0 Å². The summed E-state index contributed by atoms with van der Waals surface area (Å²) in [7, 11) is 0. The summed E-state index contributed by atoms with van der Waals surface area (Å²) in [6.07, 6.45) is 2.29. The number of hydrogen-bond acceptors (Lipinski definition) is 2. The Morgan fingerprint density at radius 1 is 1.33 bits per heavy atom. The topological polar surface area (TPSA) is 21.3 Å². The van der Waals surface area contributed by atoms with Crippen molar-refractivity contribution in [3.63, 3.8) is 0 Å². The molecule has 0 fully saturated rings.